The van der Waals surface area contributed by atoms with Crippen molar-refractivity contribution in [1.82, 2.24) is 0 Å². The number of ether oxygens (including phenoxy) is 2. The standard InChI is InChI=1S/C24H31ClO8/c1-11-16(13(27)6-14(32-5)17(11)25)20(29)33-15-8-22(4)18-19(28)21(2,3)10-23(18,30)7-12(9-26)24(15,22)31/h6-7,15,18-19,26-28,30-31H,8-10H2,1-5H3/t15-,18-,19-,22-,23+,24+/m1/s1. The first-order valence-corrected chi connectivity index (χ1v) is 11.3. The number of rotatable bonds is 4. The van der Waals surface area contributed by atoms with E-state index in [2.05, 4.69) is 0 Å². The molecule has 2 fully saturated rings. The van der Waals surface area contributed by atoms with Crippen molar-refractivity contribution >= 4 is 17.6 Å². The van der Waals surface area contributed by atoms with Gasteiger partial charge in [0.25, 0.3) is 0 Å². The van der Waals surface area contributed by atoms with Crippen molar-refractivity contribution < 1.29 is 39.8 Å². The minimum absolute atomic E-state index is 0.145. The molecule has 3 aliphatic rings. The number of aliphatic hydroxyl groups is 4. The Morgan fingerprint density at radius 2 is 1.91 bits per heavy atom. The van der Waals surface area contributed by atoms with E-state index in [1.165, 1.54) is 26.2 Å². The number of hydrogen-bond acceptors (Lipinski definition) is 8. The molecule has 3 aliphatic carbocycles. The number of esters is 1. The van der Waals surface area contributed by atoms with E-state index in [1.54, 1.807) is 6.92 Å². The number of methoxy groups -OCH3 is 1. The van der Waals surface area contributed by atoms with E-state index in [-0.39, 0.29) is 46.1 Å². The second kappa shape index (κ2) is 7.33. The van der Waals surface area contributed by atoms with Crippen molar-refractivity contribution in [3.05, 3.63) is 33.9 Å². The number of fused-ring (bicyclic) bond motifs is 3. The molecule has 0 amide bonds. The number of carbonyl (C=O) groups excluding carboxylic acids is 1. The highest BCUT2D eigenvalue weighted by Gasteiger charge is 2.77. The molecular weight excluding hydrogens is 452 g/mol. The molecule has 6 atom stereocenters. The molecule has 0 spiro atoms. The zero-order chi connectivity index (χ0) is 24.7. The summed E-state index contributed by atoms with van der Waals surface area (Å²) in [4.78, 5) is 13.0. The maximum absolute atomic E-state index is 13.0. The molecule has 8 nitrogen and oxygen atoms in total. The molecule has 5 N–H and O–H groups in total. The van der Waals surface area contributed by atoms with Crippen LogP contribution in [-0.2, 0) is 4.74 Å². The molecule has 0 aromatic heterocycles. The van der Waals surface area contributed by atoms with Gasteiger partial charge in [0, 0.05) is 17.4 Å². The quantitative estimate of drug-likeness (QED) is 0.325. The van der Waals surface area contributed by atoms with E-state index in [0.717, 1.165) is 0 Å². The van der Waals surface area contributed by atoms with Gasteiger partial charge in [0.15, 0.2) is 0 Å². The van der Waals surface area contributed by atoms with Gasteiger partial charge in [0.05, 0.1) is 30.4 Å². The van der Waals surface area contributed by atoms with Crippen LogP contribution in [0.1, 0.15) is 49.5 Å². The predicted octanol–water partition coefficient (Wildman–Crippen LogP) is 2.10. The van der Waals surface area contributed by atoms with Crippen LogP contribution in [0.3, 0.4) is 0 Å². The summed E-state index contributed by atoms with van der Waals surface area (Å²) in [6, 6.07) is 1.21. The topological polar surface area (TPSA) is 137 Å². The van der Waals surface area contributed by atoms with E-state index in [9.17, 15) is 30.3 Å². The largest absolute Gasteiger partial charge is 0.507 e. The number of aliphatic hydroxyl groups excluding tert-OH is 2. The maximum atomic E-state index is 13.0. The fourth-order valence-electron chi connectivity index (χ4n) is 6.62. The van der Waals surface area contributed by atoms with Crippen molar-refractivity contribution in [3.63, 3.8) is 0 Å². The zero-order valence-corrected chi connectivity index (χ0v) is 20.1. The molecule has 0 radical (unpaired) electrons. The number of carbonyl (C=O) groups is 1. The van der Waals surface area contributed by atoms with Gasteiger partial charge in [0.1, 0.15) is 28.8 Å². The zero-order valence-electron chi connectivity index (χ0n) is 19.3. The van der Waals surface area contributed by atoms with E-state index < -0.39 is 52.7 Å². The van der Waals surface area contributed by atoms with E-state index >= 15 is 0 Å². The average molecular weight is 483 g/mol. The van der Waals surface area contributed by atoms with Crippen LogP contribution in [0.25, 0.3) is 0 Å². The van der Waals surface area contributed by atoms with Gasteiger partial charge < -0.3 is 35.0 Å². The van der Waals surface area contributed by atoms with Crippen LogP contribution in [0.15, 0.2) is 17.7 Å². The lowest BCUT2D eigenvalue weighted by molar-refractivity contribution is -0.276. The number of phenols is 1. The summed E-state index contributed by atoms with van der Waals surface area (Å²) >= 11 is 6.23. The second-order valence-corrected chi connectivity index (χ2v) is 11.0. The Bertz CT molecular complexity index is 1050. The van der Waals surface area contributed by atoms with E-state index in [4.69, 9.17) is 21.1 Å². The molecule has 0 unspecified atom stereocenters. The van der Waals surface area contributed by atoms with Crippen LogP contribution in [0, 0.1) is 23.7 Å². The predicted molar refractivity (Wildman–Crippen MR) is 119 cm³/mol. The summed E-state index contributed by atoms with van der Waals surface area (Å²) in [6.07, 6.45) is -0.142. The lowest BCUT2D eigenvalue weighted by Crippen LogP contribution is -2.76. The molecule has 1 aromatic rings. The number of benzene rings is 1. The van der Waals surface area contributed by atoms with Gasteiger partial charge in [-0.1, -0.05) is 32.4 Å². The molecule has 0 heterocycles. The fraction of sp³-hybridized carbons (Fsp3) is 0.625. The van der Waals surface area contributed by atoms with Gasteiger partial charge in [-0.25, -0.2) is 4.79 Å². The first kappa shape index (κ1) is 24.3. The van der Waals surface area contributed by atoms with Crippen molar-refractivity contribution in [1.29, 1.82) is 0 Å². The Hall–Kier alpha value is -1.84. The summed E-state index contributed by atoms with van der Waals surface area (Å²) in [5, 5.41) is 54.8. The molecule has 1 aromatic carbocycles. The van der Waals surface area contributed by atoms with Gasteiger partial charge in [-0.15, -0.1) is 0 Å². The lowest BCUT2D eigenvalue weighted by Gasteiger charge is -2.66. The monoisotopic (exact) mass is 482 g/mol. The van der Waals surface area contributed by atoms with Crippen molar-refractivity contribution in [2.75, 3.05) is 13.7 Å². The van der Waals surface area contributed by atoms with Crippen molar-refractivity contribution in [2.45, 2.75) is 63.9 Å². The third-order valence-electron chi connectivity index (χ3n) is 8.23. The summed E-state index contributed by atoms with van der Waals surface area (Å²) in [5.41, 5.74) is -4.62. The molecule has 0 aliphatic heterocycles. The number of aromatic hydroxyl groups is 1. The summed E-state index contributed by atoms with van der Waals surface area (Å²) < 4.78 is 10.7. The fourth-order valence-corrected chi connectivity index (χ4v) is 6.84. The number of hydrogen-bond donors (Lipinski definition) is 5. The molecule has 182 valence electrons. The first-order valence-electron chi connectivity index (χ1n) is 10.9. The lowest BCUT2D eigenvalue weighted by atomic mass is 9.43. The molecular formula is C24H31ClO8. The Balaban J connectivity index is 1.71. The second-order valence-electron chi connectivity index (χ2n) is 10.6. The van der Waals surface area contributed by atoms with Gasteiger partial charge >= 0.3 is 5.97 Å². The first-order chi connectivity index (χ1) is 15.2. The van der Waals surface area contributed by atoms with Gasteiger partial charge in [-0.2, -0.15) is 0 Å². The number of phenolic OH excluding ortho intramolecular Hbond substituents is 1. The van der Waals surface area contributed by atoms with Gasteiger partial charge in [-0.3, -0.25) is 0 Å². The maximum Gasteiger partial charge on any atom is 0.342 e. The summed E-state index contributed by atoms with van der Waals surface area (Å²) in [5.74, 6) is -1.79. The van der Waals surface area contributed by atoms with Crippen molar-refractivity contribution in [2.24, 2.45) is 16.7 Å². The number of halogens is 1. The molecule has 0 bridgehead atoms. The van der Waals surface area contributed by atoms with Gasteiger partial charge in [-0.05, 0) is 42.4 Å². The van der Waals surface area contributed by atoms with Crippen LogP contribution < -0.4 is 4.74 Å². The van der Waals surface area contributed by atoms with Crippen LogP contribution in [0.5, 0.6) is 11.5 Å². The van der Waals surface area contributed by atoms with E-state index in [0.29, 0.717) is 0 Å². The van der Waals surface area contributed by atoms with Crippen LogP contribution in [0.2, 0.25) is 5.02 Å². The molecule has 33 heavy (non-hydrogen) atoms. The molecule has 2 saturated carbocycles. The van der Waals surface area contributed by atoms with Gasteiger partial charge in [0.2, 0.25) is 0 Å². The third kappa shape index (κ3) is 3.01. The third-order valence-corrected chi connectivity index (χ3v) is 8.70. The average Bonchev–Trinajstić information content (AvgIpc) is 2.91. The molecule has 4 rings (SSSR count). The Kier molecular flexibility index (Phi) is 5.39. The Labute approximate surface area is 197 Å². The normalized spacial score (nSPS) is 38.6. The molecule has 0 saturated heterocycles. The highest BCUT2D eigenvalue weighted by Crippen LogP contribution is 2.69. The Morgan fingerprint density at radius 3 is 2.48 bits per heavy atom. The summed E-state index contributed by atoms with van der Waals surface area (Å²) in [6.45, 7) is 6.41. The molecule has 9 heteroatoms. The summed E-state index contributed by atoms with van der Waals surface area (Å²) in [7, 11) is 1.38. The van der Waals surface area contributed by atoms with Crippen LogP contribution in [-0.4, -0.2) is 68.6 Å². The van der Waals surface area contributed by atoms with Crippen LogP contribution in [0.4, 0.5) is 0 Å². The SMILES string of the molecule is COc1cc(O)c(C(=O)O[C@@H]2C[C@]3(C)[C@H]4[C@@H](O)C(C)(C)C[C@@]4(O)C=C(CO)[C@]23O)c(C)c1Cl. The highest BCUT2D eigenvalue weighted by atomic mass is 35.5. The van der Waals surface area contributed by atoms with Crippen LogP contribution >= 0.6 is 11.6 Å². The Morgan fingerprint density at radius 1 is 1.27 bits per heavy atom. The van der Waals surface area contributed by atoms with E-state index in [1.807, 2.05) is 13.8 Å². The van der Waals surface area contributed by atoms with Crippen molar-refractivity contribution in [3.8, 4) is 11.5 Å². The smallest absolute Gasteiger partial charge is 0.342 e. The minimum atomic E-state index is -1.80. The highest BCUT2D eigenvalue weighted by molar-refractivity contribution is 6.33. The minimum Gasteiger partial charge on any atom is -0.507 e.